The van der Waals surface area contributed by atoms with Crippen molar-refractivity contribution in [1.82, 2.24) is 29.3 Å². The second-order valence-corrected chi connectivity index (χ2v) is 8.75. The van der Waals surface area contributed by atoms with E-state index >= 15 is 0 Å². The van der Waals surface area contributed by atoms with Gasteiger partial charge in [-0.25, -0.2) is 14.3 Å². The number of aromatic nitrogens is 5. The molecule has 0 bridgehead atoms. The summed E-state index contributed by atoms with van der Waals surface area (Å²) in [6.45, 7) is 5.41. The van der Waals surface area contributed by atoms with Crippen LogP contribution >= 0.6 is 0 Å². The van der Waals surface area contributed by atoms with E-state index in [1.807, 2.05) is 22.4 Å². The maximum atomic E-state index is 10.6. The number of fused-ring (bicyclic) bond motifs is 1. The van der Waals surface area contributed by atoms with Crippen molar-refractivity contribution in [1.29, 1.82) is 0 Å². The Morgan fingerprint density at radius 2 is 1.88 bits per heavy atom. The second kappa shape index (κ2) is 10.00. The van der Waals surface area contributed by atoms with Crippen LogP contribution in [-0.2, 0) is 18.4 Å². The van der Waals surface area contributed by atoms with Crippen LogP contribution in [0.2, 0.25) is 0 Å². The van der Waals surface area contributed by atoms with Crippen LogP contribution in [0.5, 0.6) is 0 Å². The number of carboxylic acid groups (broad SMARTS) is 1. The molecule has 12 heteroatoms. The van der Waals surface area contributed by atoms with Gasteiger partial charge in [-0.3, -0.25) is 9.58 Å². The van der Waals surface area contributed by atoms with Crippen molar-refractivity contribution in [3.63, 3.8) is 0 Å². The molecular weight excluding hydrogens is 451 g/mol. The maximum absolute atomic E-state index is 10.6. The average molecular weight is 480 g/mol. The third-order valence-electron chi connectivity index (χ3n) is 6.08. The number of carbonyl (C=O) groups is 1. The third kappa shape index (κ3) is 5.85. The van der Waals surface area contributed by atoms with Gasteiger partial charge in [-0.05, 0) is 44.4 Å². The van der Waals surface area contributed by atoms with Crippen molar-refractivity contribution in [2.75, 3.05) is 31.1 Å². The maximum Gasteiger partial charge on any atom is 0.490 e. The highest BCUT2D eigenvalue weighted by Crippen LogP contribution is 2.27. The summed E-state index contributed by atoms with van der Waals surface area (Å²) in [5.41, 5.74) is 3.49. The predicted octanol–water partition coefficient (Wildman–Crippen LogP) is 3.08. The van der Waals surface area contributed by atoms with E-state index in [9.17, 15) is 13.2 Å². The number of anilines is 1. The number of pyridine rings is 1. The van der Waals surface area contributed by atoms with E-state index in [-0.39, 0.29) is 0 Å². The van der Waals surface area contributed by atoms with Gasteiger partial charge in [0, 0.05) is 50.9 Å². The number of aliphatic carboxylic acids is 1. The van der Waals surface area contributed by atoms with Crippen LogP contribution in [0.15, 0.2) is 30.7 Å². The molecule has 5 rings (SSSR count). The second-order valence-electron chi connectivity index (χ2n) is 8.75. The van der Waals surface area contributed by atoms with E-state index in [4.69, 9.17) is 20.0 Å². The molecule has 0 radical (unpaired) electrons. The summed E-state index contributed by atoms with van der Waals surface area (Å²) in [6, 6.07) is 4.30. The first-order valence-corrected chi connectivity index (χ1v) is 11.3. The van der Waals surface area contributed by atoms with Crippen molar-refractivity contribution in [2.24, 2.45) is 7.05 Å². The smallest absolute Gasteiger partial charge is 0.475 e. The molecule has 2 fully saturated rings. The van der Waals surface area contributed by atoms with Crippen LogP contribution in [0.4, 0.5) is 18.9 Å². The largest absolute Gasteiger partial charge is 0.490 e. The lowest BCUT2D eigenvalue weighted by atomic mass is 9.97. The number of piperidine rings is 1. The number of halogens is 3. The Hall–Kier alpha value is -3.15. The molecule has 0 spiro atoms. The molecule has 5 heterocycles. The zero-order valence-corrected chi connectivity index (χ0v) is 18.9. The van der Waals surface area contributed by atoms with Crippen molar-refractivity contribution in [3.8, 4) is 0 Å². The number of alkyl halides is 3. The minimum atomic E-state index is -5.08. The minimum absolute atomic E-state index is 0.408. The van der Waals surface area contributed by atoms with E-state index in [2.05, 4.69) is 39.4 Å². The lowest BCUT2D eigenvalue weighted by molar-refractivity contribution is -0.192. The highest BCUT2D eigenvalue weighted by atomic mass is 19.4. The van der Waals surface area contributed by atoms with Crippen LogP contribution in [0.25, 0.3) is 5.65 Å². The SMILES string of the molecule is Cn1cc(CN2CCCC(c3nc4ccc(N5CCCC5)cn4n3)C2)cn1.O=C(O)C(F)(F)F. The molecule has 1 N–H and O–H groups in total. The summed E-state index contributed by atoms with van der Waals surface area (Å²) >= 11 is 0. The van der Waals surface area contributed by atoms with Crippen molar-refractivity contribution >= 4 is 17.3 Å². The number of nitrogens with zero attached hydrogens (tertiary/aromatic N) is 7. The summed E-state index contributed by atoms with van der Waals surface area (Å²) in [4.78, 5) is 18.7. The van der Waals surface area contributed by atoms with Crippen molar-refractivity contribution in [3.05, 3.63) is 42.1 Å². The number of carboxylic acids is 1. The lowest BCUT2D eigenvalue weighted by Crippen LogP contribution is -2.34. The summed E-state index contributed by atoms with van der Waals surface area (Å²) in [7, 11) is 1.97. The Morgan fingerprint density at radius 1 is 1.15 bits per heavy atom. The Bertz CT molecular complexity index is 1120. The van der Waals surface area contributed by atoms with Gasteiger partial charge in [0.1, 0.15) is 0 Å². The van der Waals surface area contributed by atoms with Gasteiger partial charge >= 0.3 is 12.1 Å². The molecule has 184 valence electrons. The first kappa shape index (κ1) is 24.0. The summed E-state index contributed by atoms with van der Waals surface area (Å²) in [5, 5.41) is 16.3. The molecule has 2 aliphatic rings. The minimum Gasteiger partial charge on any atom is -0.475 e. The Kier molecular flexibility index (Phi) is 7.05. The summed E-state index contributed by atoms with van der Waals surface area (Å²) < 4.78 is 35.6. The summed E-state index contributed by atoms with van der Waals surface area (Å²) in [6.07, 6.45) is 6.07. The zero-order valence-electron chi connectivity index (χ0n) is 18.9. The molecule has 2 saturated heterocycles. The molecule has 1 atom stereocenters. The van der Waals surface area contributed by atoms with Crippen LogP contribution in [-0.4, -0.2) is 72.7 Å². The van der Waals surface area contributed by atoms with Gasteiger partial charge in [-0.15, -0.1) is 0 Å². The zero-order chi connectivity index (χ0) is 24.3. The quantitative estimate of drug-likeness (QED) is 0.615. The molecule has 34 heavy (non-hydrogen) atoms. The molecule has 9 nitrogen and oxygen atoms in total. The fourth-order valence-electron chi connectivity index (χ4n) is 4.45. The molecule has 0 aromatic carbocycles. The van der Waals surface area contributed by atoms with Crippen LogP contribution in [0.1, 0.15) is 43.0 Å². The van der Waals surface area contributed by atoms with Crippen molar-refractivity contribution < 1.29 is 23.1 Å². The number of likely N-dealkylation sites (tertiary alicyclic amines) is 1. The normalized spacial score (nSPS) is 19.3. The number of hydrogen-bond acceptors (Lipinski definition) is 6. The Labute approximate surface area is 194 Å². The van der Waals surface area contributed by atoms with Gasteiger partial charge in [0.15, 0.2) is 11.5 Å². The molecule has 3 aromatic rings. The average Bonchev–Trinajstić information content (AvgIpc) is 3.54. The van der Waals surface area contributed by atoms with E-state index in [0.717, 1.165) is 44.2 Å². The summed E-state index contributed by atoms with van der Waals surface area (Å²) in [5.74, 6) is -1.36. The van der Waals surface area contributed by atoms with Gasteiger partial charge in [0.05, 0.1) is 18.1 Å². The molecule has 0 aliphatic carbocycles. The topological polar surface area (TPSA) is 91.8 Å². The predicted molar refractivity (Wildman–Crippen MR) is 119 cm³/mol. The van der Waals surface area contributed by atoms with E-state index < -0.39 is 12.1 Å². The Morgan fingerprint density at radius 3 is 2.53 bits per heavy atom. The third-order valence-corrected chi connectivity index (χ3v) is 6.08. The van der Waals surface area contributed by atoms with Gasteiger partial charge in [0.2, 0.25) is 0 Å². The Balaban J connectivity index is 0.000000344. The molecule has 1 unspecified atom stereocenters. The molecule has 3 aromatic heterocycles. The van der Waals surface area contributed by atoms with Crippen LogP contribution < -0.4 is 4.90 Å². The molecule has 0 amide bonds. The number of aryl methyl sites for hydroxylation is 1. The highest BCUT2D eigenvalue weighted by molar-refractivity contribution is 5.73. The monoisotopic (exact) mass is 479 g/mol. The van der Waals surface area contributed by atoms with Crippen LogP contribution in [0.3, 0.4) is 0 Å². The number of hydrogen-bond donors (Lipinski definition) is 1. The number of rotatable bonds is 4. The van der Waals surface area contributed by atoms with Gasteiger partial charge in [0.25, 0.3) is 0 Å². The first-order valence-electron chi connectivity index (χ1n) is 11.3. The molecular formula is C22H28F3N7O2. The lowest BCUT2D eigenvalue weighted by Gasteiger charge is -2.30. The van der Waals surface area contributed by atoms with Crippen LogP contribution in [0, 0.1) is 0 Å². The molecule has 0 saturated carbocycles. The standard InChI is InChI=1S/C20H27N7.C2HF3O2/c1-24-12-16(11-21-24)13-25-8-4-5-17(14-25)20-22-19-7-6-18(15-27(19)23-20)26-9-2-3-10-26;3-2(4,5)1(6)7/h6-7,11-12,15,17H,2-5,8-10,13-14H2,1H3;(H,6,7). The van der Waals surface area contributed by atoms with E-state index in [0.29, 0.717) is 5.92 Å². The van der Waals surface area contributed by atoms with Crippen molar-refractivity contribution in [2.45, 2.75) is 44.3 Å². The van der Waals surface area contributed by atoms with Gasteiger partial charge in [-0.2, -0.15) is 23.4 Å². The van der Waals surface area contributed by atoms with E-state index in [1.165, 1.54) is 36.9 Å². The highest BCUT2D eigenvalue weighted by Gasteiger charge is 2.38. The first-order chi connectivity index (χ1) is 16.2. The van der Waals surface area contributed by atoms with Gasteiger partial charge < -0.3 is 10.0 Å². The molecule has 2 aliphatic heterocycles. The van der Waals surface area contributed by atoms with E-state index in [1.54, 1.807) is 0 Å². The fourth-order valence-corrected chi connectivity index (χ4v) is 4.45. The fraction of sp³-hybridized carbons (Fsp3) is 0.545. The van der Waals surface area contributed by atoms with Gasteiger partial charge in [-0.1, -0.05) is 0 Å².